The van der Waals surface area contributed by atoms with E-state index >= 15 is 0 Å². The topological polar surface area (TPSA) is 28.7 Å². The van der Waals surface area contributed by atoms with Gasteiger partial charge < -0.3 is 4.98 Å². The summed E-state index contributed by atoms with van der Waals surface area (Å²) in [5.41, 5.74) is 0. The summed E-state index contributed by atoms with van der Waals surface area (Å²) in [6.07, 6.45) is 6.86. The van der Waals surface area contributed by atoms with Gasteiger partial charge in [0.15, 0.2) is 0 Å². The second-order valence-electron chi connectivity index (χ2n) is 3.59. The largest absolute Gasteiger partial charge is 0.342 e. The van der Waals surface area contributed by atoms with Crippen LogP contribution in [-0.2, 0) is 0 Å². The summed E-state index contributed by atoms with van der Waals surface area (Å²) >= 11 is 0. The smallest absolute Gasteiger partial charge is 0.109 e. The van der Waals surface area contributed by atoms with Crippen molar-refractivity contribution in [2.45, 2.75) is 33.1 Å². The molecule has 2 heteroatoms. The van der Waals surface area contributed by atoms with E-state index in [4.69, 9.17) is 0 Å². The summed E-state index contributed by atoms with van der Waals surface area (Å²) in [7, 11) is 0. The zero-order valence-corrected chi connectivity index (χ0v) is 9.17. The van der Waals surface area contributed by atoms with Crippen molar-refractivity contribution in [1.29, 1.82) is 0 Å². The predicted molar refractivity (Wildman–Crippen MR) is 61.3 cm³/mol. The molecule has 0 amide bonds. The Morgan fingerprint density at radius 2 is 2.21 bits per heavy atom. The second-order valence-corrected chi connectivity index (χ2v) is 3.59. The Balaban J connectivity index is 3.34. The van der Waals surface area contributed by atoms with Gasteiger partial charge in [-0.3, -0.25) is 0 Å². The van der Waals surface area contributed by atoms with Crippen molar-refractivity contribution in [3.8, 4) is 0 Å². The van der Waals surface area contributed by atoms with Crippen LogP contribution < -0.4 is 10.7 Å². The van der Waals surface area contributed by atoms with E-state index in [1.807, 2.05) is 6.08 Å². The number of rotatable bonds is 3. The van der Waals surface area contributed by atoms with Crippen LogP contribution in [0.5, 0.6) is 0 Å². The first-order valence-electron chi connectivity index (χ1n) is 5.07. The van der Waals surface area contributed by atoms with E-state index in [0.29, 0.717) is 5.92 Å². The Morgan fingerprint density at radius 3 is 2.71 bits per heavy atom. The summed E-state index contributed by atoms with van der Waals surface area (Å²) in [4.78, 5) is 7.83. The van der Waals surface area contributed by atoms with Gasteiger partial charge in [0.25, 0.3) is 0 Å². The molecule has 0 spiro atoms. The third kappa shape index (κ3) is 2.34. The second kappa shape index (κ2) is 4.80. The van der Waals surface area contributed by atoms with Gasteiger partial charge in [0, 0.05) is 5.92 Å². The Hall–Kier alpha value is -1.31. The van der Waals surface area contributed by atoms with Gasteiger partial charge in [-0.15, -0.1) is 0 Å². The third-order valence-corrected chi connectivity index (χ3v) is 2.01. The van der Waals surface area contributed by atoms with E-state index in [9.17, 15) is 0 Å². The standard InChI is InChI=1S/C12H18N2/c1-5-7-10-11(8-6-2)14-12(13-10)9(3)4/h5,7-9H,1,6H2,2-4H3,(H,13,14)/b10-7+,11-8+. The van der Waals surface area contributed by atoms with E-state index < -0.39 is 0 Å². The first kappa shape index (κ1) is 10.8. The van der Waals surface area contributed by atoms with Crippen LogP contribution in [0.4, 0.5) is 0 Å². The molecular weight excluding hydrogens is 172 g/mol. The van der Waals surface area contributed by atoms with Crippen molar-refractivity contribution in [2.24, 2.45) is 0 Å². The molecule has 0 saturated carbocycles. The molecule has 1 rings (SSSR count). The van der Waals surface area contributed by atoms with Crippen LogP contribution in [-0.4, -0.2) is 9.97 Å². The lowest BCUT2D eigenvalue weighted by molar-refractivity contribution is 0.790. The van der Waals surface area contributed by atoms with Gasteiger partial charge in [-0.1, -0.05) is 39.5 Å². The Labute approximate surface area is 85.1 Å². The molecule has 1 aromatic rings. The number of nitrogens with zero attached hydrogens (tertiary/aromatic N) is 1. The number of aromatic nitrogens is 2. The number of nitrogens with one attached hydrogen (secondary N) is 1. The Kier molecular flexibility index (Phi) is 3.69. The van der Waals surface area contributed by atoms with Crippen molar-refractivity contribution in [3.63, 3.8) is 0 Å². The van der Waals surface area contributed by atoms with Crippen LogP contribution in [0.25, 0.3) is 12.2 Å². The highest BCUT2D eigenvalue weighted by Gasteiger charge is 2.02. The normalized spacial score (nSPS) is 14.0. The van der Waals surface area contributed by atoms with Crippen LogP contribution in [0, 0.1) is 0 Å². The molecule has 1 N–H and O–H groups in total. The summed E-state index contributed by atoms with van der Waals surface area (Å²) in [5.74, 6) is 1.48. The van der Waals surface area contributed by atoms with Crippen LogP contribution >= 0.6 is 0 Å². The average Bonchev–Trinajstić information content (AvgIpc) is 2.50. The minimum atomic E-state index is 0.436. The molecule has 1 aromatic heterocycles. The van der Waals surface area contributed by atoms with Crippen LogP contribution in [0.3, 0.4) is 0 Å². The lowest BCUT2D eigenvalue weighted by Crippen LogP contribution is -2.23. The van der Waals surface area contributed by atoms with Crippen molar-refractivity contribution in [2.75, 3.05) is 0 Å². The molecule has 76 valence electrons. The number of aromatic amines is 1. The number of hydrogen-bond donors (Lipinski definition) is 1. The maximum Gasteiger partial charge on any atom is 0.109 e. The van der Waals surface area contributed by atoms with Crippen LogP contribution in [0.15, 0.2) is 12.7 Å². The Bertz CT molecular complexity index is 410. The molecule has 0 aliphatic carbocycles. The molecule has 14 heavy (non-hydrogen) atoms. The first-order valence-corrected chi connectivity index (χ1v) is 5.07. The molecule has 0 bridgehead atoms. The fourth-order valence-electron chi connectivity index (χ4n) is 1.29. The molecule has 0 unspecified atom stereocenters. The predicted octanol–water partition coefficient (Wildman–Crippen LogP) is 1.69. The Morgan fingerprint density at radius 1 is 1.50 bits per heavy atom. The fourth-order valence-corrected chi connectivity index (χ4v) is 1.29. The minimum Gasteiger partial charge on any atom is -0.342 e. The van der Waals surface area contributed by atoms with Gasteiger partial charge in [0.1, 0.15) is 5.82 Å². The fraction of sp³-hybridized carbons (Fsp3) is 0.417. The molecule has 2 nitrogen and oxygen atoms in total. The number of H-pyrrole nitrogens is 1. The number of imidazole rings is 1. The van der Waals surface area contributed by atoms with E-state index in [-0.39, 0.29) is 0 Å². The summed E-state index contributed by atoms with van der Waals surface area (Å²) in [5, 5.41) is 2.10. The summed E-state index contributed by atoms with van der Waals surface area (Å²) in [6.45, 7) is 10.1. The van der Waals surface area contributed by atoms with Gasteiger partial charge in [-0.25, -0.2) is 4.98 Å². The zero-order chi connectivity index (χ0) is 10.6. The van der Waals surface area contributed by atoms with Crippen molar-refractivity contribution < 1.29 is 0 Å². The number of hydrogen-bond acceptors (Lipinski definition) is 1. The maximum absolute atomic E-state index is 4.53. The molecule has 0 aliphatic rings. The zero-order valence-electron chi connectivity index (χ0n) is 9.17. The van der Waals surface area contributed by atoms with E-state index in [0.717, 1.165) is 22.9 Å². The molecule has 0 radical (unpaired) electrons. The molecule has 0 atom stereocenters. The highest BCUT2D eigenvalue weighted by molar-refractivity contribution is 5.34. The average molecular weight is 190 g/mol. The van der Waals surface area contributed by atoms with Crippen molar-refractivity contribution >= 4 is 12.2 Å². The van der Waals surface area contributed by atoms with Gasteiger partial charge in [-0.2, -0.15) is 0 Å². The highest BCUT2D eigenvalue weighted by Crippen LogP contribution is 2.03. The van der Waals surface area contributed by atoms with Gasteiger partial charge in [-0.05, 0) is 12.5 Å². The van der Waals surface area contributed by atoms with Gasteiger partial charge in [0.2, 0.25) is 0 Å². The number of allylic oxidation sites excluding steroid dienone is 1. The van der Waals surface area contributed by atoms with E-state index in [1.165, 1.54) is 0 Å². The molecule has 0 aliphatic heterocycles. The van der Waals surface area contributed by atoms with Gasteiger partial charge in [0.05, 0.1) is 10.7 Å². The third-order valence-electron chi connectivity index (χ3n) is 2.01. The molecular formula is C12H18N2. The van der Waals surface area contributed by atoms with E-state index in [2.05, 4.69) is 43.4 Å². The van der Waals surface area contributed by atoms with E-state index in [1.54, 1.807) is 6.08 Å². The maximum atomic E-state index is 4.53. The molecule has 0 aromatic carbocycles. The van der Waals surface area contributed by atoms with Crippen molar-refractivity contribution in [1.82, 2.24) is 9.97 Å². The molecule has 0 fully saturated rings. The molecule has 0 saturated heterocycles. The lowest BCUT2D eigenvalue weighted by Gasteiger charge is -1.95. The van der Waals surface area contributed by atoms with Crippen LogP contribution in [0.2, 0.25) is 0 Å². The molecule has 1 heterocycles. The minimum absolute atomic E-state index is 0.436. The quantitative estimate of drug-likeness (QED) is 0.772. The van der Waals surface area contributed by atoms with Crippen molar-refractivity contribution in [3.05, 3.63) is 29.2 Å². The van der Waals surface area contributed by atoms with Crippen LogP contribution in [0.1, 0.15) is 38.9 Å². The monoisotopic (exact) mass is 190 g/mol. The summed E-state index contributed by atoms with van der Waals surface area (Å²) < 4.78 is 0. The highest BCUT2D eigenvalue weighted by atomic mass is 14.9. The lowest BCUT2D eigenvalue weighted by atomic mass is 10.2. The van der Waals surface area contributed by atoms with Gasteiger partial charge >= 0.3 is 0 Å². The SMILES string of the molecule is C=C/C=c1/[nH]c(C(C)C)n/c1=C/CC. The summed E-state index contributed by atoms with van der Waals surface area (Å²) in [6, 6.07) is 0. The first-order chi connectivity index (χ1) is 6.69.